The molecule has 7 heteroatoms. The van der Waals surface area contributed by atoms with Crippen LogP contribution in [0.1, 0.15) is 17.6 Å². The van der Waals surface area contributed by atoms with Gasteiger partial charge in [-0.25, -0.2) is 4.98 Å². The summed E-state index contributed by atoms with van der Waals surface area (Å²) in [6.07, 6.45) is 0. The van der Waals surface area contributed by atoms with Crippen LogP contribution in [-0.4, -0.2) is 34.6 Å². The zero-order chi connectivity index (χ0) is 14.8. The Bertz CT molecular complexity index is 662. The number of nitrogens with one attached hydrogen (secondary N) is 2. The van der Waals surface area contributed by atoms with Crippen LogP contribution >= 0.6 is 0 Å². The fourth-order valence-electron chi connectivity index (χ4n) is 2.44. The molecule has 2 N–H and O–H groups in total. The molecule has 1 atom stereocenters. The molecule has 110 valence electrons. The van der Waals surface area contributed by atoms with Crippen molar-refractivity contribution in [2.45, 2.75) is 13.0 Å². The maximum absolute atomic E-state index is 10.9. The Kier molecular flexibility index (Phi) is 3.68. The number of aromatic amines is 1. The molecule has 1 aliphatic heterocycles. The quantitative estimate of drug-likeness (QED) is 0.665. The van der Waals surface area contributed by atoms with Crippen molar-refractivity contribution in [1.29, 1.82) is 0 Å². The monoisotopic (exact) mass is 288 g/mol. The van der Waals surface area contributed by atoms with Crippen LogP contribution < -0.4 is 5.32 Å². The van der Waals surface area contributed by atoms with Crippen LogP contribution in [0.4, 0.5) is 5.69 Å². The van der Waals surface area contributed by atoms with Gasteiger partial charge in [0.2, 0.25) is 0 Å². The molecule has 1 aromatic heterocycles. The van der Waals surface area contributed by atoms with Gasteiger partial charge in [0.25, 0.3) is 5.69 Å². The van der Waals surface area contributed by atoms with E-state index in [1.54, 1.807) is 6.07 Å². The molecule has 0 bridgehead atoms. The van der Waals surface area contributed by atoms with E-state index in [-0.39, 0.29) is 11.7 Å². The van der Waals surface area contributed by atoms with E-state index in [9.17, 15) is 10.1 Å². The van der Waals surface area contributed by atoms with E-state index in [1.165, 1.54) is 12.1 Å². The minimum Gasteiger partial charge on any atom is -0.378 e. The molecule has 21 heavy (non-hydrogen) atoms. The van der Waals surface area contributed by atoms with E-state index >= 15 is 0 Å². The molecule has 1 fully saturated rings. The molecule has 0 aliphatic carbocycles. The van der Waals surface area contributed by atoms with Gasteiger partial charge in [-0.15, -0.1) is 0 Å². The number of non-ortho nitro benzene ring substituents is 1. The van der Waals surface area contributed by atoms with E-state index in [0.29, 0.717) is 13.2 Å². The van der Waals surface area contributed by atoms with Crippen LogP contribution in [0.15, 0.2) is 24.3 Å². The summed E-state index contributed by atoms with van der Waals surface area (Å²) in [5.74, 6) is 0.800. The van der Waals surface area contributed by atoms with Gasteiger partial charge in [0.1, 0.15) is 5.82 Å². The number of imidazole rings is 1. The van der Waals surface area contributed by atoms with Crippen molar-refractivity contribution in [2.75, 3.05) is 19.8 Å². The Morgan fingerprint density at radius 3 is 3.05 bits per heavy atom. The predicted octanol–water partition coefficient (Wildman–Crippen LogP) is 1.95. The molecular formula is C14H16N4O3. The number of aryl methyl sites for hydroxylation is 1. The molecule has 0 spiro atoms. The van der Waals surface area contributed by atoms with Crippen molar-refractivity contribution in [1.82, 2.24) is 15.3 Å². The van der Waals surface area contributed by atoms with E-state index < -0.39 is 4.92 Å². The third-order valence-electron chi connectivity index (χ3n) is 3.49. The summed E-state index contributed by atoms with van der Waals surface area (Å²) < 4.78 is 5.43. The molecule has 7 nitrogen and oxygen atoms in total. The third kappa shape index (κ3) is 2.79. The number of benzene rings is 1. The van der Waals surface area contributed by atoms with Gasteiger partial charge in [-0.05, 0) is 6.92 Å². The van der Waals surface area contributed by atoms with Gasteiger partial charge < -0.3 is 15.0 Å². The number of nitro benzene ring substituents is 1. The van der Waals surface area contributed by atoms with Crippen molar-refractivity contribution in [3.63, 3.8) is 0 Å². The first-order valence-electron chi connectivity index (χ1n) is 6.77. The number of nitrogens with zero attached hydrogens (tertiary/aromatic N) is 2. The molecule has 0 amide bonds. The second-order valence-corrected chi connectivity index (χ2v) is 4.98. The first-order valence-corrected chi connectivity index (χ1v) is 6.77. The number of H-pyrrole nitrogens is 1. The highest BCUT2D eigenvalue weighted by molar-refractivity contribution is 5.64. The van der Waals surface area contributed by atoms with Crippen LogP contribution in [0.2, 0.25) is 0 Å². The second-order valence-electron chi connectivity index (χ2n) is 4.98. The molecule has 0 saturated carbocycles. The summed E-state index contributed by atoms with van der Waals surface area (Å²) >= 11 is 0. The highest BCUT2D eigenvalue weighted by Gasteiger charge is 2.20. The minimum absolute atomic E-state index is 0.0323. The number of ether oxygens (including phenoxy) is 1. The Morgan fingerprint density at radius 2 is 2.33 bits per heavy atom. The van der Waals surface area contributed by atoms with Crippen molar-refractivity contribution < 1.29 is 9.66 Å². The lowest BCUT2D eigenvalue weighted by molar-refractivity contribution is -0.384. The smallest absolute Gasteiger partial charge is 0.270 e. The second kappa shape index (κ2) is 5.63. The Hall–Kier alpha value is -2.25. The fraction of sp³-hybridized carbons (Fsp3) is 0.357. The third-order valence-corrected chi connectivity index (χ3v) is 3.49. The molecule has 3 rings (SSSR count). The fourth-order valence-corrected chi connectivity index (χ4v) is 2.44. The van der Waals surface area contributed by atoms with Crippen molar-refractivity contribution in [3.05, 3.63) is 45.9 Å². The van der Waals surface area contributed by atoms with Crippen LogP contribution in [0.25, 0.3) is 11.3 Å². The van der Waals surface area contributed by atoms with Crippen LogP contribution in [0.5, 0.6) is 0 Å². The normalized spacial score (nSPS) is 18.6. The van der Waals surface area contributed by atoms with Gasteiger partial charge in [0.15, 0.2) is 0 Å². The maximum Gasteiger partial charge on any atom is 0.270 e. The standard InChI is InChI=1S/C14H16N4O3/c1-9-13(10-3-2-4-11(7-10)18(19)20)17-14(16-9)12-8-21-6-5-15-12/h2-4,7,12,15H,5-6,8H2,1H3,(H,16,17). The molecule has 2 heterocycles. The number of hydrogen-bond donors (Lipinski definition) is 2. The van der Waals surface area contributed by atoms with Gasteiger partial charge in [0, 0.05) is 29.9 Å². The summed E-state index contributed by atoms with van der Waals surface area (Å²) in [6, 6.07) is 6.54. The first kappa shape index (κ1) is 13.7. The van der Waals surface area contributed by atoms with E-state index in [1.807, 2.05) is 13.0 Å². The van der Waals surface area contributed by atoms with Crippen molar-refractivity contribution >= 4 is 5.69 Å². The van der Waals surface area contributed by atoms with Crippen molar-refractivity contribution in [3.8, 4) is 11.3 Å². The lowest BCUT2D eigenvalue weighted by atomic mass is 10.1. The van der Waals surface area contributed by atoms with Gasteiger partial charge in [-0.3, -0.25) is 10.1 Å². The average molecular weight is 288 g/mol. The topological polar surface area (TPSA) is 93.1 Å². The Balaban J connectivity index is 1.93. The summed E-state index contributed by atoms with van der Waals surface area (Å²) in [6.45, 7) is 3.97. The largest absolute Gasteiger partial charge is 0.378 e. The molecule has 1 aromatic carbocycles. The zero-order valence-corrected chi connectivity index (χ0v) is 11.6. The zero-order valence-electron chi connectivity index (χ0n) is 11.6. The lowest BCUT2D eigenvalue weighted by Gasteiger charge is -2.21. The number of morpholine rings is 1. The number of nitro groups is 1. The van der Waals surface area contributed by atoms with Crippen LogP contribution in [0, 0.1) is 17.0 Å². The van der Waals surface area contributed by atoms with E-state index in [2.05, 4.69) is 15.3 Å². The van der Waals surface area contributed by atoms with Gasteiger partial charge in [0.05, 0.1) is 29.9 Å². The van der Waals surface area contributed by atoms with Gasteiger partial charge in [-0.2, -0.15) is 0 Å². The van der Waals surface area contributed by atoms with Crippen molar-refractivity contribution in [2.24, 2.45) is 0 Å². The van der Waals surface area contributed by atoms with Gasteiger partial charge in [-0.1, -0.05) is 12.1 Å². The highest BCUT2D eigenvalue weighted by atomic mass is 16.6. The first-order chi connectivity index (χ1) is 10.1. The summed E-state index contributed by atoms with van der Waals surface area (Å²) in [5, 5.41) is 14.2. The average Bonchev–Trinajstić information content (AvgIpc) is 2.90. The molecule has 0 radical (unpaired) electrons. The van der Waals surface area contributed by atoms with Crippen LogP contribution in [0.3, 0.4) is 0 Å². The summed E-state index contributed by atoms with van der Waals surface area (Å²) in [7, 11) is 0. The van der Waals surface area contributed by atoms with E-state index in [0.717, 1.165) is 29.3 Å². The number of rotatable bonds is 3. The summed E-state index contributed by atoms with van der Waals surface area (Å²) in [4.78, 5) is 18.3. The molecular weight excluding hydrogens is 272 g/mol. The minimum atomic E-state index is -0.400. The van der Waals surface area contributed by atoms with E-state index in [4.69, 9.17) is 4.74 Å². The maximum atomic E-state index is 10.9. The highest BCUT2D eigenvalue weighted by Crippen LogP contribution is 2.26. The SMILES string of the molecule is Cc1[nH]c(C2COCCN2)nc1-c1cccc([N+](=O)[O-])c1. The molecule has 1 saturated heterocycles. The number of aromatic nitrogens is 2. The van der Waals surface area contributed by atoms with Crippen LogP contribution in [-0.2, 0) is 4.74 Å². The molecule has 1 unspecified atom stereocenters. The lowest BCUT2D eigenvalue weighted by Crippen LogP contribution is -2.35. The molecule has 2 aromatic rings. The van der Waals surface area contributed by atoms with Gasteiger partial charge >= 0.3 is 0 Å². The predicted molar refractivity (Wildman–Crippen MR) is 77.0 cm³/mol. The number of hydrogen-bond acceptors (Lipinski definition) is 5. The Morgan fingerprint density at radius 1 is 1.48 bits per heavy atom. The molecule has 1 aliphatic rings. The Labute approximate surface area is 121 Å². The summed E-state index contributed by atoms with van der Waals surface area (Å²) in [5.41, 5.74) is 2.43.